The van der Waals surface area contributed by atoms with E-state index in [1.54, 1.807) is 31.2 Å². The summed E-state index contributed by atoms with van der Waals surface area (Å²) in [5, 5.41) is 46.8. The number of terminal acetylenes is 1. The van der Waals surface area contributed by atoms with E-state index in [1.165, 1.54) is 19.2 Å². The van der Waals surface area contributed by atoms with Crippen LogP contribution in [0.25, 0.3) is 10.8 Å². The van der Waals surface area contributed by atoms with Crippen molar-refractivity contribution in [3.8, 4) is 124 Å². The number of rotatable bonds is 11. The highest BCUT2D eigenvalue weighted by Gasteiger charge is 2.27. The number of methoxy groups -OCH3 is 1. The van der Waals surface area contributed by atoms with Crippen LogP contribution in [0.2, 0.25) is 0 Å². The van der Waals surface area contributed by atoms with Gasteiger partial charge in [-0.15, -0.1) is 16.6 Å². The number of benzene rings is 3. The van der Waals surface area contributed by atoms with Crippen molar-refractivity contribution < 1.29 is 39.2 Å². The molecular formula is C43H26N4O8S3. The maximum atomic E-state index is 13.4. The summed E-state index contributed by atoms with van der Waals surface area (Å²) in [5.41, 5.74) is -0.310. The number of amides is 2. The molecule has 0 aliphatic carbocycles. The van der Waals surface area contributed by atoms with Gasteiger partial charge in [0.25, 0.3) is 11.8 Å². The largest absolute Gasteiger partial charge is 0.506 e. The maximum Gasteiger partial charge on any atom is 0.318 e. The van der Waals surface area contributed by atoms with Gasteiger partial charge in [0.15, 0.2) is 20.2 Å². The first-order valence-corrected chi connectivity index (χ1v) is 18.9. The number of nitrogens with one attached hydrogen (secondary N) is 2. The highest BCUT2D eigenvalue weighted by atomic mass is 32.2. The number of carbonyl (C=O) groups is 3. The first-order chi connectivity index (χ1) is 28.1. The first kappa shape index (κ1) is 43.0. The molecule has 12 nitrogen and oxygen atoms in total. The SMILES string of the molecule is C#CC#CC#CC#CC#CC#CC#CC#CNC(=O)c1cc(Oc2cc(C(=O)NCCC)c(Sc3nnc(SC(C)C(=O)OC)s3)c(O)c2O)c2ccccc2c1O. The Morgan fingerprint density at radius 3 is 2.00 bits per heavy atom. The van der Waals surface area contributed by atoms with E-state index in [9.17, 15) is 29.7 Å². The average molecular weight is 823 g/mol. The Labute approximate surface area is 346 Å². The molecule has 5 N–H and O–H groups in total. The molecule has 0 bridgehead atoms. The van der Waals surface area contributed by atoms with Crippen LogP contribution in [0.5, 0.6) is 28.7 Å². The van der Waals surface area contributed by atoms with E-state index in [2.05, 4.69) is 110 Å². The Morgan fingerprint density at radius 1 is 0.793 bits per heavy atom. The third kappa shape index (κ3) is 11.9. The second-order valence-electron chi connectivity index (χ2n) is 10.7. The van der Waals surface area contributed by atoms with Gasteiger partial charge in [0.2, 0.25) is 5.75 Å². The molecule has 3 aromatic carbocycles. The summed E-state index contributed by atoms with van der Waals surface area (Å²) in [6.45, 7) is 3.82. The van der Waals surface area contributed by atoms with Crippen molar-refractivity contribution in [1.29, 1.82) is 0 Å². The summed E-state index contributed by atoms with van der Waals surface area (Å²) < 4.78 is 11.6. The molecule has 0 fully saturated rings. The number of nitrogens with zero attached hydrogens (tertiary/aromatic N) is 2. The molecule has 0 saturated carbocycles. The molecule has 15 heteroatoms. The minimum absolute atomic E-state index is 0.0162. The van der Waals surface area contributed by atoms with E-state index in [4.69, 9.17) is 15.9 Å². The van der Waals surface area contributed by atoms with E-state index < -0.39 is 34.5 Å². The highest BCUT2D eigenvalue weighted by molar-refractivity contribution is 8.04. The number of hydrogen-bond acceptors (Lipinski definition) is 13. The van der Waals surface area contributed by atoms with Gasteiger partial charge in [-0.25, -0.2) is 0 Å². The van der Waals surface area contributed by atoms with Gasteiger partial charge < -0.3 is 30.1 Å². The van der Waals surface area contributed by atoms with Gasteiger partial charge in [-0.2, -0.15) is 0 Å². The topological polar surface area (TPSA) is 180 Å². The minimum Gasteiger partial charge on any atom is -0.506 e. The van der Waals surface area contributed by atoms with Crippen molar-refractivity contribution in [2.24, 2.45) is 0 Å². The molecule has 0 spiro atoms. The molecule has 4 aromatic rings. The molecule has 0 saturated heterocycles. The van der Waals surface area contributed by atoms with Crippen LogP contribution in [0.4, 0.5) is 0 Å². The summed E-state index contributed by atoms with van der Waals surface area (Å²) in [7, 11) is 1.28. The fourth-order valence-corrected chi connectivity index (χ4v) is 7.59. The molecule has 284 valence electrons. The van der Waals surface area contributed by atoms with Crippen molar-refractivity contribution in [3.05, 3.63) is 47.5 Å². The number of fused-ring (bicyclic) bond motifs is 1. The lowest BCUT2D eigenvalue weighted by Crippen LogP contribution is -2.24. The van der Waals surface area contributed by atoms with Crippen LogP contribution < -0.4 is 15.4 Å². The van der Waals surface area contributed by atoms with Crippen LogP contribution in [0.1, 0.15) is 41.0 Å². The maximum absolute atomic E-state index is 13.4. The number of aromatic hydroxyl groups is 3. The summed E-state index contributed by atoms with van der Waals surface area (Å²) in [5.74, 6) is 29.7. The zero-order valence-electron chi connectivity index (χ0n) is 30.5. The standard InChI is InChI=1S/C43H26N4O8S3/c1-5-7-8-9-10-11-12-13-14-15-16-17-18-21-25-45-39(51)31-26-33(29-22-19-20-23-30(29)35(31)48)55-34-27-32(40(52)44-24-6-2)38(37(50)36(34)49)57-43-47-46-42(58-43)56-28(3)41(53)54-4/h1,19-20,22-23,26-28,48-50H,6,24H2,2-4H3,(H,44,52)(H,45,51). The van der Waals surface area contributed by atoms with E-state index in [1.807, 2.05) is 6.92 Å². The van der Waals surface area contributed by atoms with E-state index in [-0.39, 0.29) is 38.7 Å². The number of ether oxygens (including phenoxy) is 2. The molecule has 1 atom stereocenters. The molecule has 2 amide bonds. The van der Waals surface area contributed by atoms with Gasteiger partial charge in [-0.05, 0) is 66.9 Å². The van der Waals surface area contributed by atoms with Crippen molar-refractivity contribution in [2.45, 2.75) is 39.1 Å². The summed E-state index contributed by atoms with van der Waals surface area (Å²) in [4.78, 5) is 38.5. The number of thioether (sulfide) groups is 1. The van der Waals surface area contributed by atoms with Gasteiger partial charge in [0, 0.05) is 64.8 Å². The van der Waals surface area contributed by atoms with Crippen molar-refractivity contribution in [2.75, 3.05) is 13.7 Å². The highest BCUT2D eigenvalue weighted by Crippen LogP contribution is 2.50. The Hall–Kier alpha value is -7.73. The number of aromatic nitrogens is 2. The summed E-state index contributed by atoms with van der Waals surface area (Å²) in [6, 6.07) is 11.3. The molecule has 1 unspecified atom stereocenters. The fraction of sp³-hybridized carbons (Fsp3) is 0.140. The number of esters is 1. The van der Waals surface area contributed by atoms with Crippen LogP contribution in [0, 0.1) is 95.4 Å². The lowest BCUT2D eigenvalue weighted by atomic mass is 10.0. The van der Waals surface area contributed by atoms with Gasteiger partial charge >= 0.3 is 5.97 Å². The lowest BCUT2D eigenvalue weighted by molar-refractivity contribution is -0.139. The zero-order valence-corrected chi connectivity index (χ0v) is 33.0. The lowest BCUT2D eigenvalue weighted by Gasteiger charge is -2.17. The quantitative estimate of drug-likeness (QED) is 0.0456. The summed E-state index contributed by atoms with van der Waals surface area (Å²) >= 11 is 3.10. The van der Waals surface area contributed by atoms with E-state index >= 15 is 0 Å². The van der Waals surface area contributed by atoms with Crippen molar-refractivity contribution in [3.63, 3.8) is 0 Å². The van der Waals surface area contributed by atoms with Crippen LogP contribution in [-0.2, 0) is 9.53 Å². The van der Waals surface area contributed by atoms with E-state index in [0.29, 0.717) is 27.0 Å². The van der Waals surface area contributed by atoms with Crippen LogP contribution in [-0.4, -0.2) is 62.2 Å². The van der Waals surface area contributed by atoms with Gasteiger partial charge in [0.1, 0.15) is 16.7 Å². The van der Waals surface area contributed by atoms with Crippen molar-refractivity contribution >= 4 is 63.4 Å². The number of phenols is 3. The van der Waals surface area contributed by atoms with Gasteiger partial charge in [-0.3, -0.25) is 19.7 Å². The Kier molecular flexibility index (Phi) is 16.3. The van der Waals surface area contributed by atoms with Crippen molar-refractivity contribution in [1.82, 2.24) is 20.8 Å². The first-order valence-electron chi connectivity index (χ1n) is 16.4. The molecule has 0 radical (unpaired) electrons. The molecular weight excluding hydrogens is 797 g/mol. The van der Waals surface area contributed by atoms with Gasteiger partial charge in [-0.1, -0.05) is 66.0 Å². The van der Waals surface area contributed by atoms with Crippen LogP contribution >= 0.6 is 34.9 Å². The Bertz CT molecular complexity index is 2800. The van der Waals surface area contributed by atoms with E-state index in [0.717, 1.165) is 34.9 Å². The Morgan fingerprint density at radius 2 is 1.38 bits per heavy atom. The molecule has 0 aliphatic heterocycles. The monoisotopic (exact) mass is 822 g/mol. The zero-order chi connectivity index (χ0) is 41.9. The molecule has 0 aliphatic rings. The molecule has 1 aromatic heterocycles. The predicted octanol–water partition coefficient (Wildman–Crippen LogP) is 4.89. The average Bonchev–Trinajstić information content (AvgIpc) is 3.67. The van der Waals surface area contributed by atoms with Crippen LogP contribution in [0.3, 0.4) is 0 Å². The minimum atomic E-state index is -0.819. The smallest absolute Gasteiger partial charge is 0.318 e. The third-order valence-electron chi connectivity index (χ3n) is 6.86. The molecule has 4 rings (SSSR count). The van der Waals surface area contributed by atoms with Gasteiger partial charge in [0.05, 0.1) is 23.1 Å². The third-order valence-corrected chi connectivity index (χ3v) is 10.1. The fourth-order valence-electron chi connectivity index (χ4n) is 4.31. The predicted molar refractivity (Wildman–Crippen MR) is 220 cm³/mol. The number of hydrogen-bond donors (Lipinski definition) is 5. The number of phenolic OH excluding ortho intramolecular Hbond substituents is 3. The number of carbonyl (C=O) groups excluding carboxylic acids is 3. The van der Waals surface area contributed by atoms with Crippen LogP contribution in [0.15, 0.2) is 50.0 Å². The second kappa shape index (κ2) is 22.0. The summed E-state index contributed by atoms with van der Waals surface area (Å²) in [6.07, 6.45) is 5.59. The second-order valence-corrected chi connectivity index (χ2v) is 14.5. The molecule has 1 heterocycles. The normalized spacial score (nSPS) is 9.62. The Balaban J connectivity index is 1.62. The molecule has 58 heavy (non-hydrogen) atoms.